The van der Waals surface area contributed by atoms with E-state index >= 15 is 0 Å². The highest BCUT2D eigenvalue weighted by atomic mass is 16.5. The largest absolute Gasteiger partial charge is 0.496 e. The Morgan fingerprint density at radius 3 is 2.09 bits per heavy atom. The van der Waals surface area contributed by atoms with Gasteiger partial charge in [0, 0.05) is 31.3 Å². The number of hydrogen-bond acceptors (Lipinski definition) is 5. The van der Waals surface area contributed by atoms with Crippen molar-refractivity contribution in [3.8, 4) is 28.5 Å². The lowest BCUT2D eigenvalue weighted by atomic mass is 10.1. The van der Waals surface area contributed by atoms with Gasteiger partial charge in [-0.05, 0) is 6.07 Å². The Morgan fingerprint density at radius 1 is 1.05 bits per heavy atom. The van der Waals surface area contributed by atoms with Crippen LogP contribution >= 0.6 is 0 Å². The Balaban J connectivity index is 2.77. The molecule has 0 spiro atoms. The van der Waals surface area contributed by atoms with Gasteiger partial charge in [0.05, 0.1) is 32.6 Å². The average Bonchev–Trinajstić information content (AvgIpc) is 2.56. The Labute approximate surface area is 129 Å². The van der Waals surface area contributed by atoms with Crippen molar-refractivity contribution in [3.63, 3.8) is 0 Å². The van der Waals surface area contributed by atoms with Crippen LogP contribution in [0, 0.1) is 0 Å². The Hall–Kier alpha value is -2.47. The molecule has 1 heterocycles. The predicted molar refractivity (Wildman–Crippen MR) is 84.7 cm³/mol. The molecule has 2 N–H and O–H groups in total. The van der Waals surface area contributed by atoms with Crippen molar-refractivity contribution >= 4 is 0 Å². The number of ether oxygens (including phenoxy) is 3. The molecule has 22 heavy (non-hydrogen) atoms. The van der Waals surface area contributed by atoms with E-state index in [1.807, 2.05) is 6.07 Å². The summed E-state index contributed by atoms with van der Waals surface area (Å²) >= 11 is 0. The van der Waals surface area contributed by atoms with E-state index in [0.29, 0.717) is 34.1 Å². The summed E-state index contributed by atoms with van der Waals surface area (Å²) in [6, 6.07) is 7.05. The highest BCUT2D eigenvalue weighted by molar-refractivity contribution is 5.76. The van der Waals surface area contributed by atoms with Crippen molar-refractivity contribution in [1.82, 2.24) is 4.57 Å². The minimum atomic E-state index is -0.139. The number of rotatable bonds is 5. The number of benzene rings is 1. The van der Waals surface area contributed by atoms with E-state index in [1.165, 1.54) is 4.57 Å². The van der Waals surface area contributed by atoms with Gasteiger partial charge in [-0.3, -0.25) is 4.79 Å². The van der Waals surface area contributed by atoms with Crippen LogP contribution in [0.25, 0.3) is 11.3 Å². The second-order valence-electron chi connectivity index (χ2n) is 4.72. The van der Waals surface area contributed by atoms with Crippen molar-refractivity contribution in [1.29, 1.82) is 0 Å². The van der Waals surface area contributed by atoms with Gasteiger partial charge in [0.25, 0.3) is 5.56 Å². The number of hydrogen-bond donors (Lipinski definition) is 1. The van der Waals surface area contributed by atoms with Crippen LogP contribution in [-0.4, -0.2) is 25.9 Å². The topological polar surface area (TPSA) is 75.7 Å². The van der Waals surface area contributed by atoms with Crippen molar-refractivity contribution in [2.75, 3.05) is 21.3 Å². The number of nitrogens with zero attached hydrogens (tertiary/aromatic N) is 1. The molecule has 0 bridgehead atoms. The summed E-state index contributed by atoms with van der Waals surface area (Å²) in [4.78, 5) is 12.3. The normalized spacial score (nSPS) is 10.4. The first-order chi connectivity index (χ1) is 10.6. The molecule has 2 rings (SSSR count). The maximum Gasteiger partial charge on any atom is 0.255 e. The fourth-order valence-electron chi connectivity index (χ4n) is 2.35. The van der Waals surface area contributed by atoms with Crippen molar-refractivity contribution in [3.05, 3.63) is 40.2 Å². The van der Waals surface area contributed by atoms with Crippen LogP contribution in [-0.2, 0) is 13.6 Å². The van der Waals surface area contributed by atoms with Crippen LogP contribution in [0.3, 0.4) is 0 Å². The van der Waals surface area contributed by atoms with Gasteiger partial charge in [-0.25, -0.2) is 0 Å². The van der Waals surface area contributed by atoms with E-state index in [4.69, 9.17) is 19.9 Å². The third-order valence-electron chi connectivity index (χ3n) is 3.57. The number of methoxy groups -OCH3 is 3. The summed E-state index contributed by atoms with van der Waals surface area (Å²) < 4.78 is 17.6. The van der Waals surface area contributed by atoms with Crippen LogP contribution in [0.15, 0.2) is 29.1 Å². The standard InChI is InChI=1S/C16H20N2O4/c1-18-12(6-5-10(9-17)16(18)19)15-13(21-3)7-11(20-2)8-14(15)22-4/h5-8H,9,17H2,1-4H3. The Morgan fingerprint density at radius 2 is 1.64 bits per heavy atom. The van der Waals surface area contributed by atoms with Crippen molar-refractivity contribution in [2.24, 2.45) is 12.8 Å². The highest BCUT2D eigenvalue weighted by Crippen LogP contribution is 2.41. The maximum absolute atomic E-state index is 12.3. The molecule has 6 nitrogen and oxygen atoms in total. The molecule has 0 unspecified atom stereocenters. The molecule has 2 aromatic rings. The van der Waals surface area contributed by atoms with Crippen molar-refractivity contribution in [2.45, 2.75) is 6.54 Å². The van der Waals surface area contributed by atoms with Gasteiger partial charge < -0.3 is 24.5 Å². The molecule has 118 valence electrons. The minimum absolute atomic E-state index is 0.139. The van der Waals surface area contributed by atoms with Gasteiger partial charge in [-0.15, -0.1) is 0 Å². The zero-order valence-electron chi connectivity index (χ0n) is 13.2. The summed E-state index contributed by atoms with van der Waals surface area (Å²) in [5.41, 5.74) is 7.36. The molecule has 1 aromatic heterocycles. The monoisotopic (exact) mass is 304 g/mol. The van der Waals surface area contributed by atoms with E-state index in [1.54, 1.807) is 46.6 Å². The second-order valence-corrected chi connectivity index (χ2v) is 4.72. The molecule has 0 aliphatic carbocycles. The van der Waals surface area contributed by atoms with Gasteiger partial charge >= 0.3 is 0 Å². The fourth-order valence-corrected chi connectivity index (χ4v) is 2.35. The third kappa shape index (κ3) is 2.65. The summed E-state index contributed by atoms with van der Waals surface area (Å²) in [6.45, 7) is 0.198. The lowest BCUT2D eigenvalue weighted by Gasteiger charge is -2.17. The molecule has 1 aromatic carbocycles. The van der Waals surface area contributed by atoms with Crippen LogP contribution in [0.2, 0.25) is 0 Å². The molecule has 0 saturated carbocycles. The molecular weight excluding hydrogens is 284 g/mol. The van der Waals surface area contributed by atoms with E-state index in [2.05, 4.69) is 0 Å². The lowest BCUT2D eigenvalue weighted by Crippen LogP contribution is -2.24. The van der Waals surface area contributed by atoms with Gasteiger partial charge in [0.2, 0.25) is 0 Å². The molecule has 0 saturated heterocycles. The molecule has 0 radical (unpaired) electrons. The van der Waals surface area contributed by atoms with Crippen LogP contribution < -0.4 is 25.5 Å². The van der Waals surface area contributed by atoms with E-state index < -0.39 is 0 Å². The van der Waals surface area contributed by atoms with Crippen LogP contribution in [0.1, 0.15) is 5.56 Å². The predicted octanol–water partition coefficient (Wildman–Crippen LogP) is 1.54. The zero-order valence-corrected chi connectivity index (χ0v) is 13.2. The van der Waals surface area contributed by atoms with Gasteiger partial charge in [0.1, 0.15) is 17.2 Å². The summed E-state index contributed by atoms with van der Waals surface area (Å²) in [7, 11) is 6.38. The Kier molecular flexibility index (Phi) is 4.72. The average molecular weight is 304 g/mol. The maximum atomic E-state index is 12.3. The SMILES string of the molecule is COc1cc(OC)c(-c2ccc(CN)c(=O)n2C)c(OC)c1. The number of pyridine rings is 1. The second kappa shape index (κ2) is 6.53. The number of aromatic nitrogens is 1. The first-order valence-corrected chi connectivity index (χ1v) is 6.76. The molecular formula is C16H20N2O4. The fraction of sp³-hybridized carbons (Fsp3) is 0.312. The van der Waals surface area contributed by atoms with E-state index in [0.717, 1.165) is 0 Å². The molecule has 0 aliphatic rings. The van der Waals surface area contributed by atoms with E-state index in [-0.39, 0.29) is 12.1 Å². The lowest BCUT2D eigenvalue weighted by molar-refractivity contribution is 0.377. The zero-order chi connectivity index (χ0) is 16.3. The summed E-state index contributed by atoms with van der Waals surface area (Å²) in [5.74, 6) is 1.74. The molecule has 0 amide bonds. The summed E-state index contributed by atoms with van der Waals surface area (Å²) in [5, 5.41) is 0. The number of nitrogens with two attached hydrogens (primary N) is 1. The summed E-state index contributed by atoms with van der Waals surface area (Å²) in [6.07, 6.45) is 0. The molecule has 0 fully saturated rings. The van der Waals surface area contributed by atoms with Gasteiger partial charge in [-0.2, -0.15) is 0 Å². The Bertz CT molecular complexity index is 712. The highest BCUT2D eigenvalue weighted by Gasteiger charge is 2.18. The van der Waals surface area contributed by atoms with Crippen molar-refractivity contribution < 1.29 is 14.2 Å². The quantitative estimate of drug-likeness (QED) is 0.906. The van der Waals surface area contributed by atoms with Crippen LogP contribution in [0.4, 0.5) is 0 Å². The first kappa shape index (κ1) is 15.9. The van der Waals surface area contributed by atoms with Crippen LogP contribution in [0.5, 0.6) is 17.2 Å². The first-order valence-electron chi connectivity index (χ1n) is 6.76. The van der Waals surface area contributed by atoms with Gasteiger partial charge in [0.15, 0.2) is 0 Å². The molecule has 0 aliphatic heterocycles. The minimum Gasteiger partial charge on any atom is -0.496 e. The molecule has 6 heteroatoms. The van der Waals surface area contributed by atoms with Gasteiger partial charge in [-0.1, -0.05) is 6.07 Å². The third-order valence-corrected chi connectivity index (χ3v) is 3.57. The van der Waals surface area contributed by atoms with E-state index in [9.17, 15) is 4.79 Å². The molecule has 0 atom stereocenters. The smallest absolute Gasteiger partial charge is 0.255 e.